The van der Waals surface area contributed by atoms with E-state index < -0.39 is 0 Å². The van der Waals surface area contributed by atoms with E-state index in [1.807, 2.05) is 19.1 Å². The van der Waals surface area contributed by atoms with Gasteiger partial charge in [-0.2, -0.15) is 5.10 Å². The van der Waals surface area contributed by atoms with Gasteiger partial charge in [-0.1, -0.05) is 55.3 Å². The summed E-state index contributed by atoms with van der Waals surface area (Å²) in [6.07, 6.45) is 5.89. The number of aromatic nitrogens is 2. The maximum absolute atomic E-state index is 11.6. The van der Waals surface area contributed by atoms with Gasteiger partial charge in [0, 0.05) is 5.56 Å². The second-order valence-corrected chi connectivity index (χ2v) is 7.06. The minimum Gasteiger partial charge on any atom is -0.506 e. The van der Waals surface area contributed by atoms with Crippen molar-refractivity contribution in [2.45, 2.75) is 40.0 Å². The average molecular weight is 374 g/mol. The highest BCUT2D eigenvalue weighted by atomic mass is 16.3. The van der Waals surface area contributed by atoms with Gasteiger partial charge in [-0.05, 0) is 56.0 Å². The van der Waals surface area contributed by atoms with Crippen LogP contribution < -0.4 is 0 Å². The normalized spacial score (nSPS) is 11.6. The number of carbonyl (C=O) groups excluding carboxylic acids is 1. The van der Waals surface area contributed by atoms with Crippen molar-refractivity contribution in [3.63, 3.8) is 0 Å². The molecular weight excluding hydrogens is 348 g/mol. The van der Waals surface area contributed by atoms with Crippen molar-refractivity contribution in [1.29, 1.82) is 0 Å². The fraction of sp³-hybridized carbons (Fsp3) is 0.250. The minimum atomic E-state index is 0.133. The zero-order valence-electron chi connectivity index (χ0n) is 16.6. The lowest BCUT2D eigenvalue weighted by Gasteiger charge is -2.14. The number of unbranched alkanes of at least 4 members (excludes halogenated alkanes) is 1. The third kappa shape index (κ3) is 4.06. The van der Waals surface area contributed by atoms with Crippen LogP contribution in [0, 0.1) is 13.8 Å². The molecule has 1 heterocycles. The van der Waals surface area contributed by atoms with E-state index in [0.29, 0.717) is 11.4 Å². The first kappa shape index (κ1) is 19.6. The van der Waals surface area contributed by atoms with Crippen LogP contribution in [0.3, 0.4) is 0 Å². The Labute approximate surface area is 166 Å². The highest BCUT2D eigenvalue weighted by Gasteiger charge is 2.20. The Morgan fingerprint density at radius 2 is 1.82 bits per heavy atom. The second-order valence-electron chi connectivity index (χ2n) is 7.06. The fourth-order valence-electron chi connectivity index (χ4n) is 3.31. The number of allylic oxidation sites excluding steroid dienone is 1. The molecule has 0 atom stereocenters. The Balaban J connectivity index is 2.21. The van der Waals surface area contributed by atoms with E-state index in [4.69, 9.17) is 0 Å². The van der Waals surface area contributed by atoms with Gasteiger partial charge in [0.25, 0.3) is 0 Å². The third-order valence-corrected chi connectivity index (χ3v) is 4.90. The molecule has 0 saturated carbocycles. The zero-order valence-corrected chi connectivity index (χ0v) is 16.6. The highest BCUT2D eigenvalue weighted by Crippen LogP contribution is 2.32. The molecule has 0 amide bonds. The Kier molecular flexibility index (Phi) is 6.09. The van der Waals surface area contributed by atoms with Crippen molar-refractivity contribution in [2.75, 3.05) is 0 Å². The van der Waals surface area contributed by atoms with Gasteiger partial charge in [-0.15, -0.1) is 0 Å². The smallest absolute Gasteiger partial charge is 0.170 e. The maximum atomic E-state index is 11.6. The molecule has 3 rings (SSSR count). The zero-order chi connectivity index (χ0) is 20.1. The molecule has 0 aliphatic carbocycles. The van der Waals surface area contributed by atoms with Gasteiger partial charge >= 0.3 is 0 Å². The number of aryl methyl sites for hydroxylation is 1. The summed E-state index contributed by atoms with van der Waals surface area (Å²) in [5.74, 6) is 0.133. The molecule has 0 radical (unpaired) electrons. The van der Waals surface area contributed by atoms with Gasteiger partial charge in [0.15, 0.2) is 6.29 Å². The molecule has 0 spiro atoms. The molecule has 0 aliphatic rings. The highest BCUT2D eigenvalue weighted by molar-refractivity contribution is 5.86. The lowest BCUT2D eigenvalue weighted by molar-refractivity contribution is 0.111. The monoisotopic (exact) mass is 374 g/mol. The number of phenols is 1. The predicted molar refractivity (Wildman–Crippen MR) is 114 cm³/mol. The number of rotatable bonds is 7. The van der Waals surface area contributed by atoms with Gasteiger partial charge in [-0.3, -0.25) is 4.79 Å². The van der Waals surface area contributed by atoms with E-state index in [1.165, 1.54) is 5.56 Å². The third-order valence-electron chi connectivity index (χ3n) is 4.90. The minimum absolute atomic E-state index is 0.133. The summed E-state index contributed by atoms with van der Waals surface area (Å²) in [4.78, 5) is 11.6. The number of para-hydroxylation sites is 2. The van der Waals surface area contributed by atoms with Crippen LogP contribution in [0.5, 0.6) is 5.75 Å². The van der Waals surface area contributed by atoms with Gasteiger partial charge in [0.2, 0.25) is 0 Å². The van der Waals surface area contributed by atoms with E-state index in [-0.39, 0.29) is 5.75 Å². The fourth-order valence-corrected chi connectivity index (χ4v) is 3.31. The Hall–Kier alpha value is -3.14. The van der Waals surface area contributed by atoms with E-state index in [9.17, 15) is 9.90 Å². The molecule has 4 heteroatoms. The summed E-state index contributed by atoms with van der Waals surface area (Å²) in [5, 5.41) is 14.9. The molecule has 144 valence electrons. The quantitative estimate of drug-likeness (QED) is 0.537. The molecule has 1 N–H and O–H groups in total. The average Bonchev–Trinajstić information content (AvgIpc) is 3.03. The maximum Gasteiger partial charge on any atom is 0.170 e. The second kappa shape index (κ2) is 8.70. The number of hydrogen-bond acceptors (Lipinski definition) is 3. The van der Waals surface area contributed by atoms with E-state index in [1.54, 1.807) is 16.8 Å². The summed E-state index contributed by atoms with van der Waals surface area (Å²) in [7, 11) is 0. The molecule has 0 aliphatic heterocycles. The van der Waals surface area contributed by atoms with E-state index in [2.05, 4.69) is 49.3 Å². The molecule has 0 bridgehead atoms. The first-order valence-corrected chi connectivity index (χ1v) is 9.66. The van der Waals surface area contributed by atoms with Gasteiger partial charge in [0.1, 0.15) is 17.1 Å². The van der Waals surface area contributed by atoms with Crippen LogP contribution in [0.2, 0.25) is 0 Å². The number of nitrogens with zero attached hydrogens (tertiary/aromatic N) is 2. The van der Waals surface area contributed by atoms with Crippen molar-refractivity contribution in [3.8, 4) is 11.4 Å². The lowest BCUT2D eigenvalue weighted by Crippen LogP contribution is -2.03. The van der Waals surface area contributed by atoms with Crippen molar-refractivity contribution >= 4 is 17.9 Å². The SMILES string of the molecule is CCCC/C(=C\c1ccc(C)cc1)c1c(C)c(C=O)nn1-c1ccccc1O. The first-order chi connectivity index (χ1) is 13.5. The standard InChI is InChI=1S/C24H26N2O2/c1-4-5-8-20(15-19-13-11-17(2)12-14-19)24-18(3)21(16-27)25-26(24)22-9-6-7-10-23(22)28/h6-7,9-16,28H,4-5,8H2,1-3H3/b20-15+. The molecular formula is C24H26N2O2. The summed E-state index contributed by atoms with van der Waals surface area (Å²) in [5.41, 5.74) is 6.08. The number of phenolic OH excluding ortho intramolecular Hbond substituents is 1. The van der Waals surface area contributed by atoms with Crippen LogP contribution in [0.15, 0.2) is 48.5 Å². The summed E-state index contributed by atoms with van der Waals surface area (Å²) in [6.45, 7) is 6.14. The Morgan fingerprint density at radius 3 is 2.46 bits per heavy atom. The molecule has 1 aromatic heterocycles. The number of carbonyl (C=O) groups is 1. The molecule has 0 saturated heterocycles. The summed E-state index contributed by atoms with van der Waals surface area (Å²) in [6, 6.07) is 15.4. The Morgan fingerprint density at radius 1 is 1.11 bits per heavy atom. The molecule has 28 heavy (non-hydrogen) atoms. The van der Waals surface area contributed by atoms with Crippen molar-refractivity contribution in [2.24, 2.45) is 0 Å². The van der Waals surface area contributed by atoms with Crippen LogP contribution in [0.25, 0.3) is 17.3 Å². The van der Waals surface area contributed by atoms with E-state index in [0.717, 1.165) is 47.9 Å². The number of aromatic hydroxyl groups is 1. The van der Waals surface area contributed by atoms with Crippen molar-refractivity contribution < 1.29 is 9.90 Å². The first-order valence-electron chi connectivity index (χ1n) is 9.66. The molecule has 0 unspecified atom stereocenters. The molecule has 2 aromatic carbocycles. The van der Waals surface area contributed by atoms with Crippen LogP contribution in [0.4, 0.5) is 0 Å². The van der Waals surface area contributed by atoms with Gasteiger partial charge < -0.3 is 5.11 Å². The van der Waals surface area contributed by atoms with Crippen LogP contribution >= 0.6 is 0 Å². The topological polar surface area (TPSA) is 55.1 Å². The van der Waals surface area contributed by atoms with Crippen LogP contribution in [-0.4, -0.2) is 21.2 Å². The molecule has 4 nitrogen and oxygen atoms in total. The van der Waals surface area contributed by atoms with Gasteiger partial charge in [0.05, 0.1) is 5.69 Å². The Bertz CT molecular complexity index is 998. The van der Waals surface area contributed by atoms with Crippen molar-refractivity contribution in [3.05, 3.63) is 76.6 Å². The number of aldehydes is 1. The summed E-state index contributed by atoms with van der Waals surface area (Å²) >= 11 is 0. The predicted octanol–water partition coefficient (Wildman–Crippen LogP) is 5.74. The van der Waals surface area contributed by atoms with Gasteiger partial charge in [-0.25, -0.2) is 4.68 Å². The van der Waals surface area contributed by atoms with Crippen LogP contribution in [-0.2, 0) is 0 Å². The lowest BCUT2D eigenvalue weighted by atomic mass is 9.98. The largest absolute Gasteiger partial charge is 0.506 e. The number of hydrogen-bond donors (Lipinski definition) is 1. The van der Waals surface area contributed by atoms with Crippen LogP contribution in [0.1, 0.15) is 59.1 Å². The molecule has 3 aromatic rings. The molecule has 0 fully saturated rings. The van der Waals surface area contributed by atoms with E-state index >= 15 is 0 Å². The number of benzene rings is 2. The summed E-state index contributed by atoms with van der Waals surface area (Å²) < 4.78 is 1.70. The van der Waals surface area contributed by atoms with Crippen molar-refractivity contribution in [1.82, 2.24) is 9.78 Å².